The lowest BCUT2D eigenvalue weighted by Gasteiger charge is -2.37. The van der Waals surface area contributed by atoms with Crippen LogP contribution < -0.4 is 0 Å². The van der Waals surface area contributed by atoms with Crippen molar-refractivity contribution in [2.45, 2.75) is 51.0 Å². The van der Waals surface area contributed by atoms with E-state index in [1.165, 1.54) is 25.7 Å². The largest absolute Gasteiger partial charge is 0.375 e. The Kier molecular flexibility index (Phi) is 2.41. The minimum absolute atomic E-state index is 0.106. The molecule has 2 rings (SSSR count). The third-order valence-corrected chi connectivity index (χ3v) is 3.58. The van der Waals surface area contributed by atoms with E-state index in [4.69, 9.17) is 4.74 Å². The van der Waals surface area contributed by atoms with Crippen LogP contribution in [0.1, 0.15) is 45.4 Å². The van der Waals surface area contributed by atoms with Gasteiger partial charge in [-0.1, -0.05) is 12.8 Å². The first kappa shape index (κ1) is 9.20. The summed E-state index contributed by atoms with van der Waals surface area (Å²) < 4.78 is 5.85. The number of hydrogen-bond donors (Lipinski definition) is 0. The molecular formula is C11H18O2. The van der Waals surface area contributed by atoms with Gasteiger partial charge in [0.15, 0.2) is 0 Å². The molecule has 0 aromatic carbocycles. The number of Topliss-reactive ketones (excluding diaryl/α,β-unsaturated/α-hetero) is 1. The van der Waals surface area contributed by atoms with Crippen LogP contribution in [0.4, 0.5) is 0 Å². The zero-order valence-electron chi connectivity index (χ0n) is 8.34. The summed E-state index contributed by atoms with van der Waals surface area (Å²) in [4.78, 5) is 11.3. The first-order chi connectivity index (χ1) is 6.22. The van der Waals surface area contributed by atoms with Gasteiger partial charge < -0.3 is 4.74 Å². The normalized spacial score (nSPS) is 32.2. The van der Waals surface area contributed by atoms with Gasteiger partial charge in [-0.05, 0) is 32.6 Å². The summed E-state index contributed by atoms with van der Waals surface area (Å²) in [6.07, 6.45) is 6.85. The van der Waals surface area contributed by atoms with Crippen molar-refractivity contribution in [2.75, 3.05) is 6.61 Å². The molecule has 1 saturated carbocycles. The van der Waals surface area contributed by atoms with Gasteiger partial charge in [-0.3, -0.25) is 4.79 Å². The lowest BCUT2D eigenvalue weighted by Crippen LogP contribution is -2.39. The highest BCUT2D eigenvalue weighted by molar-refractivity contribution is 5.78. The van der Waals surface area contributed by atoms with Crippen LogP contribution in [0.3, 0.4) is 0 Å². The van der Waals surface area contributed by atoms with E-state index in [1.54, 1.807) is 6.92 Å². The van der Waals surface area contributed by atoms with Gasteiger partial charge in [0.1, 0.15) is 5.78 Å². The van der Waals surface area contributed by atoms with Crippen LogP contribution in [0, 0.1) is 5.92 Å². The van der Waals surface area contributed by atoms with Crippen molar-refractivity contribution in [1.29, 1.82) is 0 Å². The zero-order valence-corrected chi connectivity index (χ0v) is 8.34. The summed E-state index contributed by atoms with van der Waals surface area (Å²) in [5.74, 6) is 0.640. The lowest BCUT2D eigenvalue weighted by molar-refractivity contribution is -0.134. The first-order valence-electron chi connectivity index (χ1n) is 5.36. The van der Waals surface area contributed by atoms with Crippen LogP contribution in [0.5, 0.6) is 0 Å². The Balaban J connectivity index is 2.02. The number of ketones is 1. The molecule has 1 aliphatic heterocycles. The van der Waals surface area contributed by atoms with Crippen molar-refractivity contribution < 1.29 is 9.53 Å². The lowest BCUT2D eigenvalue weighted by atomic mass is 9.83. The molecule has 2 nitrogen and oxygen atoms in total. The first-order valence-corrected chi connectivity index (χ1v) is 5.36. The van der Waals surface area contributed by atoms with Crippen molar-refractivity contribution in [3.63, 3.8) is 0 Å². The molecule has 0 amide bonds. The maximum Gasteiger partial charge on any atom is 0.133 e. The van der Waals surface area contributed by atoms with E-state index in [0.29, 0.717) is 5.78 Å². The third kappa shape index (κ3) is 1.78. The monoisotopic (exact) mass is 182 g/mol. The predicted octanol–water partition coefficient (Wildman–Crippen LogP) is 2.31. The molecule has 0 radical (unpaired) electrons. The van der Waals surface area contributed by atoms with Crippen LogP contribution in [-0.2, 0) is 9.53 Å². The van der Waals surface area contributed by atoms with E-state index < -0.39 is 0 Å². The summed E-state index contributed by atoms with van der Waals surface area (Å²) in [7, 11) is 0. The van der Waals surface area contributed by atoms with Crippen LogP contribution in [0.25, 0.3) is 0 Å². The molecular weight excluding hydrogens is 164 g/mol. The second-order valence-corrected chi connectivity index (χ2v) is 4.54. The quantitative estimate of drug-likeness (QED) is 0.622. The molecule has 13 heavy (non-hydrogen) atoms. The molecule has 74 valence electrons. The summed E-state index contributed by atoms with van der Waals surface area (Å²) >= 11 is 0. The van der Waals surface area contributed by atoms with Crippen molar-refractivity contribution in [3.05, 3.63) is 0 Å². The smallest absolute Gasteiger partial charge is 0.133 e. The van der Waals surface area contributed by atoms with Crippen molar-refractivity contribution in [2.24, 2.45) is 5.92 Å². The molecule has 0 aromatic rings. The van der Waals surface area contributed by atoms with Crippen molar-refractivity contribution >= 4 is 5.78 Å². The molecule has 1 saturated heterocycles. The maximum atomic E-state index is 11.3. The van der Waals surface area contributed by atoms with Crippen molar-refractivity contribution in [3.8, 4) is 0 Å². The Labute approximate surface area is 79.7 Å². The van der Waals surface area contributed by atoms with Gasteiger partial charge in [0, 0.05) is 12.5 Å². The minimum atomic E-state index is 0.106. The Morgan fingerprint density at radius 1 is 1.38 bits per heavy atom. The fourth-order valence-electron chi connectivity index (χ4n) is 2.74. The van der Waals surface area contributed by atoms with Gasteiger partial charge in [0.25, 0.3) is 0 Å². The zero-order chi connectivity index (χ0) is 9.31. The molecule has 2 fully saturated rings. The molecule has 2 aliphatic rings. The Bertz CT molecular complexity index is 204. The summed E-state index contributed by atoms with van der Waals surface area (Å²) in [6, 6.07) is 0. The topological polar surface area (TPSA) is 26.3 Å². The van der Waals surface area contributed by atoms with Crippen molar-refractivity contribution in [1.82, 2.24) is 0 Å². The van der Waals surface area contributed by atoms with E-state index in [-0.39, 0.29) is 11.5 Å². The molecule has 0 bridgehead atoms. The molecule has 1 spiro atoms. The van der Waals surface area contributed by atoms with Gasteiger partial charge in [0.05, 0.1) is 5.60 Å². The summed E-state index contributed by atoms with van der Waals surface area (Å²) in [6.45, 7) is 2.52. The number of ether oxygens (including phenoxy) is 1. The average Bonchev–Trinajstić information content (AvgIpc) is 2.53. The highest BCUT2D eigenvalue weighted by Gasteiger charge is 2.40. The average molecular weight is 182 g/mol. The third-order valence-electron chi connectivity index (χ3n) is 3.58. The number of carbonyl (C=O) groups excluding carboxylic acids is 1. The molecule has 1 atom stereocenters. The maximum absolute atomic E-state index is 11.3. The van der Waals surface area contributed by atoms with Crippen LogP contribution in [0.15, 0.2) is 0 Å². The summed E-state index contributed by atoms with van der Waals surface area (Å²) in [5, 5.41) is 0. The van der Waals surface area contributed by atoms with E-state index >= 15 is 0 Å². The molecule has 0 aromatic heterocycles. The van der Waals surface area contributed by atoms with Gasteiger partial charge in [0.2, 0.25) is 0 Å². The van der Waals surface area contributed by atoms with E-state index in [0.717, 1.165) is 19.4 Å². The SMILES string of the molecule is CC(=O)C1CCOC2(CCCC2)C1. The van der Waals surface area contributed by atoms with E-state index in [1.807, 2.05) is 0 Å². The molecule has 2 heteroatoms. The number of hydrogen-bond acceptors (Lipinski definition) is 2. The molecule has 0 N–H and O–H groups in total. The van der Waals surface area contributed by atoms with Crippen LogP contribution in [0.2, 0.25) is 0 Å². The fourth-order valence-corrected chi connectivity index (χ4v) is 2.74. The Morgan fingerprint density at radius 3 is 2.69 bits per heavy atom. The number of carbonyl (C=O) groups is 1. The summed E-state index contributed by atoms with van der Waals surface area (Å²) in [5.41, 5.74) is 0.106. The molecule has 1 heterocycles. The highest BCUT2D eigenvalue weighted by atomic mass is 16.5. The fraction of sp³-hybridized carbons (Fsp3) is 0.909. The molecule has 1 unspecified atom stereocenters. The Hall–Kier alpha value is -0.370. The van der Waals surface area contributed by atoms with Crippen LogP contribution in [-0.4, -0.2) is 18.0 Å². The predicted molar refractivity (Wildman–Crippen MR) is 50.6 cm³/mol. The Morgan fingerprint density at radius 2 is 2.08 bits per heavy atom. The second-order valence-electron chi connectivity index (χ2n) is 4.54. The second kappa shape index (κ2) is 3.41. The van der Waals surface area contributed by atoms with Gasteiger partial charge in [-0.25, -0.2) is 0 Å². The van der Waals surface area contributed by atoms with Gasteiger partial charge >= 0.3 is 0 Å². The molecule has 1 aliphatic carbocycles. The van der Waals surface area contributed by atoms with Gasteiger partial charge in [-0.15, -0.1) is 0 Å². The minimum Gasteiger partial charge on any atom is -0.375 e. The van der Waals surface area contributed by atoms with E-state index in [2.05, 4.69) is 0 Å². The van der Waals surface area contributed by atoms with Crippen LogP contribution >= 0.6 is 0 Å². The highest BCUT2D eigenvalue weighted by Crippen LogP contribution is 2.42. The van der Waals surface area contributed by atoms with Gasteiger partial charge in [-0.2, -0.15) is 0 Å². The number of rotatable bonds is 1. The standard InChI is InChI=1S/C11H18O2/c1-9(12)10-4-7-13-11(8-10)5-2-3-6-11/h10H,2-8H2,1H3. The van der Waals surface area contributed by atoms with E-state index in [9.17, 15) is 4.79 Å².